The number of hydrogen-bond donors (Lipinski definition) is 0. The SMILES string of the molecule is CC(OCc1ccc2ccccc2c1)C(=O)c1ccccc1. The highest BCUT2D eigenvalue weighted by atomic mass is 16.5. The summed E-state index contributed by atoms with van der Waals surface area (Å²) in [5, 5.41) is 2.39. The van der Waals surface area contributed by atoms with E-state index in [4.69, 9.17) is 4.74 Å². The van der Waals surface area contributed by atoms with E-state index in [1.807, 2.05) is 48.5 Å². The van der Waals surface area contributed by atoms with Crippen LogP contribution in [0.4, 0.5) is 0 Å². The first-order valence-corrected chi connectivity index (χ1v) is 7.42. The van der Waals surface area contributed by atoms with E-state index < -0.39 is 6.10 Å². The minimum absolute atomic E-state index is 0.0152. The van der Waals surface area contributed by atoms with E-state index in [0.717, 1.165) is 5.56 Å². The molecular weight excluding hydrogens is 272 g/mol. The summed E-state index contributed by atoms with van der Waals surface area (Å²) in [5.41, 5.74) is 1.76. The summed E-state index contributed by atoms with van der Waals surface area (Å²) in [7, 11) is 0. The molecule has 0 amide bonds. The van der Waals surface area contributed by atoms with Gasteiger partial charge in [0.2, 0.25) is 0 Å². The third-order valence-electron chi connectivity index (χ3n) is 3.74. The van der Waals surface area contributed by atoms with Gasteiger partial charge < -0.3 is 4.74 Å². The van der Waals surface area contributed by atoms with Crippen molar-refractivity contribution < 1.29 is 9.53 Å². The number of rotatable bonds is 5. The molecule has 2 nitrogen and oxygen atoms in total. The smallest absolute Gasteiger partial charge is 0.191 e. The average molecular weight is 290 g/mol. The molecule has 0 saturated carbocycles. The lowest BCUT2D eigenvalue weighted by molar-refractivity contribution is 0.0412. The molecule has 0 aliphatic carbocycles. The molecule has 0 radical (unpaired) electrons. The molecule has 1 atom stereocenters. The minimum atomic E-state index is -0.450. The molecule has 110 valence electrons. The van der Waals surface area contributed by atoms with Crippen molar-refractivity contribution in [3.05, 3.63) is 83.9 Å². The largest absolute Gasteiger partial charge is 0.366 e. The van der Waals surface area contributed by atoms with Gasteiger partial charge in [-0.1, -0.05) is 66.7 Å². The molecule has 0 fully saturated rings. The Balaban J connectivity index is 1.67. The number of carbonyl (C=O) groups is 1. The summed E-state index contributed by atoms with van der Waals surface area (Å²) < 4.78 is 5.74. The van der Waals surface area contributed by atoms with E-state index in [-0.39, 0.29) is 5.78 Å². The van der Waals surface area contributed by atoms with Crippen molar-refractivity contribution >= 4 is 16.6 Å². The first-order chi connectivity index (χ1) is 10.7. The molecule has 0 spiro atoms. The first kappa shape index (κ1) is 14.5. The lowest BCUT2D eigenvalue weighted by Gasteiger charge is -2.12. The predicted molar refractivity (Wildman–Crippen MR) is 89.0 cm³/mol. The van der Waals surface area contributed by atoms with E-state index in [1.165, 1.54) is 10.8 Å². The molecule has 0 bridgehead atoms. The topological polar surface area (TPSA) is 26.3 Å². The fourth-order valence-electron chi connectivity index (χ4n) is 2.46. The van der Waals surface area contributed by atoms with Gasteiger partial charge >= 0.3 is 0 Å². The molecule has 3 rings (SSSR count). The van der Waals surface area contributed by atoms with Gasteiger partial charge in [-0.3, -0.25) is 4.79 Å². The van der Waals surface area contributed by atoms with Gasteiger partial charge in [0.25, 0.3) is 0 Å². The summed E-state index contributed by atoms with van der Waals surface area (Å²) in [5.74, 6) is 0.0152. The third-order valence-corrected chi connectivity index (χ3v) is 3.74. The molecule has 3 aromatic carbocycles. The van der Waals surface area contributed by atoms with Crippen LogP contribution in [0.2, 0.25) is 0 Å². The fourth-order valence-corrected chi connectivity index (χ4v) is 2.46. The summed E-state index contributed by atoms with van der Waals surface area (Å²) in [6, 6.07) is 23.7. The predicted octanol–water partition coefficient (Wildman–Crippen LogP) is 4.63. The van der Waals surface area contributed by atoms with E-state index in [1.54, 1.807) is 6.92 Å². The Morgan fingerprint density at radius 2 is 1.59 bits per heavy atom. The lowest BCUT2D eigenvalue weighted by atomic mass is 10.1. The standard InChI is InChI=1S/C20H18O2/c1-15(20(21)18-8-3-2-4-9-18)22-14-16-11-12-17-7-5-6-10-19(17)13-16/h2-13,15H,14H2,1H3. The second kappa shape index (κ2) is 6.54. The number of ether oxygens (including phenoxy) is 1. The molecule has 1 unspecified atom stereocenters. The fraction of sp³-hybridized carbons (Fsp3) is 0.150. The first-order valence-electron chi connectivity index (χ1n) is 7.42. The minimum Gasteiger partial charge on any atom is -0.366 e. The Kier molecular flexibility index (Phi) is 4.31. The van der Waals surface area contributed by atoms with Gasteiger partial charge in [0.05, 0.1) is 6.61 Å². The number of Topliss-reactive ketones (excluding diaryl/α,β-unsaturated/α-hetero) is 1. The van der Waals surface area contributed by atoms with Gasteiger partial charge in [0.1, 0.15) is 6.10 Å². The molecule has 0 heterocycles. The van der Waals surface area contributed by atoms with Crippen LogP contribution in [0.3, 0.4) is 0 Å². The molecule has 0 aromatic heterocycles. The maximum absolute atomic E-state index is 12.3. The van der Waals surface area contributed by atoms with Gasteiger partial charge in [0, 0.05) is 5.56 Å². The molecule has 0 aliphatic rings. The van der Waals surface area contributed by atoms with Gasteiger partial charge in [-0.25, -0.2) is 0 Å². The maximum Gasteiger partial charge on any atom is 0.191 e. The van der Waals surface area contributed by atoms with Gasteiger partial charge in [-0.05, 0) is 29.3 Å². The number of benzene rings is 3. The van der Waals surface area contributed by atoms with E-state index >= 15 is 0 Å². The Morgan fingerprint density at radius 1 is 0.909 bits per heavy atom. The Morgan fingerprint density at radius 3 is 2.36 bits per heavy atom. The number of carbonyl (C=O) groups excluding carboxylic acids is 1. The number of fused-ring (bicyclic) bond motifs is 1. The summed E-state index contributed by atoms with van der Waals surface area (Å²) in [6.45, 7) is 2.24. The zero-order valence-electron chi connectivity index (χ0n) is 12.5. The second-order valence-corrected chi connectivity index (χ2v) is 5.37. The van der Waals surface area contributed by atoms with Crippen LogP contribution in [0.15, 0.2) is 72.8 Å². The van der Waals surface area contributed by atoms with Crippen molar-refractivity contribution in [1.29, 1.82) is 0 Å². The summed E-state index contributed by atoms with van der Waals surface area (Å²) >= 11 is 0. The summed E-state index contributed by atoms with van der Waals surface area (Å²) in [4.78, 5) is 12.3. The van der Waals surface area contributed by atoms with Crippen molar-refractivity contribution in [2.24, 2.45) is 0 Å². The molecular formula is C20H18O2. The second-order valence-electron chi connectivity index (χ2n) is 5.37. The van der Waals surface area contributed by atoms with Crippen LogP contribution < -0.4 is 0 Å². The molecule has 0 N–H and O–H groups in total. The van der Waals surface area contributed by atoms with Gasteiger partial charge in [-0.15, -0.1) is 0 Å². The normalized spacial score (nSPS) is 12.2. The van der Waals surface area contributed by atoms with Crippen molar-refractivity contribution in [3.8, 4) is 0 Å². The Labute approximate surface area is 130 Å². The van der Waals surface area contributed by atoms with Crippen molar-refractivity contribution in [1.82, 2.24) is 0 Å². The van der Waals surface area contributed by atoms with E-state index in [2.05, 4.69) is 24.3 Å². The van der Waals surface area contributed by atoms with Gasteiger partial charge in [-0.2, -0.15) is 0 Å². The van der Waals surface area contributed by atoms with Crippen LogP contribution in [0.1, 0.15) is 22.8 Å². The van der Waals surface area contributed by atoms with Crippen molar-refractivity contribution in [2.45, 2.75) is 19.6 Å². The van der Waals surface area contributed by atoms with Crippen LogP contribution in [-0.2, 0) is 11.3 Å². The zero-order valence-corrected chi connectivity index (χ0v) is 12.5. The molecule has 3 aromatic rings. The van der Waals surface area contributed by atoms with Crippen LogP contribution in [-0.4, -0.2) is 11.9 Å². The lowest BCUT2D eigenvalue weighted by Crippen LogP contribution is -2.20. The average Bonchev–Trinajstić information content (AvgIpc) is 2.59. The zero-order chi connectivity index (χ0) is 15.4. The third kappa shape index (κ3) is 3.23. The van der Waals surface area contributed by atoms with Crippen LogP contribution >= 0.6 is 0 Å². The highest BCUT2D eigenvalue weighted by Crippen LogP contribution is 2.17. The molecule has 2 heteroatoms. The van der Waals surface area contributed by atoms with E-state index in [9.17, 15) is 4.79 Å². The van der Waals surface area contributed by atoms with Crippen molar-refractivity contribution in [2.75, 3.05) is 0 Å². The monoisotopic (exact) mass is 290 g/mol. The number of ketones is 1. The highest BCUT2D eigenvalue weighted by molar-refractivity contribution is 5.99. The maximum atomic E-state index is 12.3. The Bertz CT molecular complexity index is 778. The molecule has 22 heavy (non-hydrogen) atoms. The van der Waals surface area contributed by atoms with E-state index in [0.29, 0.717) is 12.2 Å². The van der Waals surface area contributed by atoms with Gasteiger partial charge in [0.15, 0.2) is 5.78 Å². The molecule has 0 saturated heterocycles. The summed E-state index contributed by atoms with van der Waals surface area (Å²) in [6.07, 6.45) is -0.450. The van der Waals surface area contributed by atoms with Crippen molar-refractivity contribution in [3.63, 3.8) is 0 Å². The Hall–Kier alpha value is -2.45. The van der Waals surface area contributed by atoms with Crippen LogP contribution in [0, 0.1) is 0 Å². The number of hydrogen-bond acceptors (Lipinski definition) is 2. The quantitative estimate of drug-likeness (QED) is 0.640. The molecule has 0 aliphatic heterocycles. The van der Waals surface area contributed by atoms with Crippen LogP contribution in [0.5, 0.6) is 0 Å². The highest BCUT2D eigenvalue weighted by Gasteiger charge is 2.15. The van der Waals surface area contributed by atoms with Crippen LogP contribution in [0.25, 0.3) is 10.8 Å².